The number of benzene rings is 4. The van der Waals surface area contributed by atoms with Gasteiger partial charge in [-0.05, 0) is 92.1 Å². The van der Waals surface area contributed by atoms with Crippen LogP contribution in [0.5, 0.6) is 17.2 Å². The minimum absolute atomic E-state index is 0.255. The number of thiazole rings is 1. The number of aromatic nitrogens is 1. The van der Waals surface area contributed by atoms with Crippen LogP contribution in [-0.2, 0) is 16.1 Å². The highest BCUT2D eigenvalue weighted by atomic mass is 32.1. The van der Waals surface area contributed by atoms with E-state index in [-0.39, 0.29) is 24.0 Å². The van der Waals surface area contributed by atoms with Crippen molar-refractivity contribution >= 4 is 35.0 Å². The van der Waals surface area contributed by atoms with Crippen molar-refractivity contribution in [2.24, 2.45) is 4.99 Å². The van der Waals surface area contributed by atoms with E-state index in [4.69, 9.17) is 23.9 Å². The molecule has 0 unspecified atom stereocenters. The van der Waals surface area contributed by atoms with Crippen LogP contribution in [-0.4, -0.2) is 36.8 Å². The number of fused-ring (bicyclic) bond motifs is 1. The number of carbonyl (C=O) groups is 2. The van der Waals surface area contributed by atoms with E-state index in [2.05, 4.69) is 5.32 Å². The third-order valence-electron chi connectivity index (χ3n) is 8.13. The Hall–Kier alpha value is -5.94. The highest BCUT2D eigenvalue weighted by Gasteiger charge is 2.33. The van der Waals surface area contributed by atoms with Crippen LogP contribution >= 0.6 is 11.3 Å². The maximum Gasteiger partial charge on any atom is 0.338 e. The summed E-state index contributed by atoms with van der Waals surface area (Å²) in [5.41, 5.74) is 4.01. The Labute approximate surface area is 298 Å². The van der Waals surface area contributed by atoms with Gasteiger partial charge in [-0.25, -0.2) is 9.79 Å². The summed E-state index contributed by atoms with van der Waals surface area (Å²) in [5, 5.41) is 2.97. The number of hydrogen-bond donors (Lipinski definition) is 1. The summed E-state index contributed by atoms with van der Waals surface area (Å²) >= 11 is 1.25. The maximum atomic E-state index is 14.2. The van der Waals surface area contributed by atoms with E-state index in [1.807, 2.05) is 73.7 Å². The lowest BCUT2D eigenvalue weighted by Gasteiger charge is -2.25. The van der Waals surface area contributed by atoms with E-state index < -0.39 is 6.04 Å². The van der Waals surface area contributed by atoms with Gasteiger partial charge in [-0.1, -0.05) is 59.9 Å². The minimum atomic E-state index is -0.747. The number of nitrogens with one attached hydrogen (secondary N) is 1. The largest absolute Gasteiger partial charge is 0.497 e. The van der Waals surface area contributed by atoms with E-state index in [0.29, 0.717) is 67.9 Å². The second kappa shape index (κ2) is 15.7. The van der Waals surface area contributed by atoms with Crippen molar-refractivity contribution in [1.82, 2.24) is 4.57 Å². The number of nitrogens with zero attached hydrogens (tertiary/aromatic N) is 2. The molecule has 260 valence electrons. The Morgan fingerprint density at radius 3 is 2.41 bits per heavy atom. The summed E-state index contributed by atoms with van der Waals surface area (Å²) in [7, 11) is 1.58. The molecule has 0 fully saturated rings. The zero-order chi connectivity index (χ0) is 35.9. The molecule has 0 saturated carbocycles. The van der Waals surface area contributed by atoms with Crippen LogP contribution in [0.4, 0.5) is 5.69 Å². The average Bonchev–Trinajstić information content (AvgIpc) is 3.44. The number of rotatable bonds is 12. The van der Waals surface area contributed by atoms with Gasteiger partial charge >= 0.3 is 5.97 Å². The monoisotopic (exact) mass is 703 g/mol. The van der Waals surface area contributed by atoms with Crippen LogP contribution in [0, 0.1) is 0 Å². The normalized spacial score (nSPS) is 14.0. The molecule has 1 aliphatic heterocycles. The van der Waals surface area contributed by atoms with Crippen molar-refractivity contribution in [3.63, 3.8) is 0 Å². The van der Waals surface area contributed by atoms with Gasteiger partial charge in [0.25, 0.3) is 11.5 Å². The maximum absolute atomic E-state index is 14.2. The van der Waals surface area contributed by atoms with Gasteiger partial charge in [-0.15, -0.1) is 0 Å². The van der Waals surface area contributed by atoms with E-state index >= 15 is 0 Å². The van der Waals surface area contributed by atoms with Crippen molar-refractivity contribution in [2.45, 2.75) is 33.4 Å². The van der Waals surface area contributed by atoms with Gasteiger partial charge in [0.15, 0.2) is 16.3 Å². The molecule has 0 spiro atoms. The Bertz CT molecular complexity index is 2280. The van der Waals surface area contributed by atoms with Crippen molar-refractivity contribution < 1.29 is 28.5 Å². The lowest BCUT2D eigenvalue weighted by Crippen LogP contribution is -2.40. The number of para-hydroxylation sites is 1. The van der Waals surface area contributed by atoms with E-state index in [1.165, 1.54) is 11.3 Å². The molecule has 0 radical (unpaired) electrons. The summed E-state index contributed by atoms with van der Waals surface area (Å²) < 4.78 is 24.6. The molecular formula is C40H37N3O7S. The van der Waals surface area contributed by atoms with Gasteiger partial charge in [0.2, 0.25) is 0 Å². The van der Waals surface area contributed by atoms with Gasteiger partial charge in [0.05, 0.1) is 47.7 Å². The fraction of sp³-hybridized carbons (Fsp3) is 0.200. The molecule has 10 nitrogen and oxygen atoms in total. The molecule has 6 rings (SSSR count). The molecule has 51 heavy (non-hydrogen) atoms. The minimum Gasteiger partial charge on any atom is -0.497 e. The first-order valence-electron chi connectivity index (χ1n) is 16.5. The van der Waals surface area contributed by atoms with Crippen LogP contribution in [0.25, 0.3) is 6.08 Å². The van der Waals surface area contributed by atoms with Gasteiger partial charge < -0.3 is 24.3 Å². The molecule has 1 atom stereocenters. The standard InChI is InChI=1S/C40H37N3O7S/c1-5-48-33-21-27(17-20-32(33)50-24-26-15-18-28(19-16-26)39(46)49-6-2)22-34-38(45)43-36(29-11-10-14-31(23-29)47-4)35(25(3)41-40(43)51-34)37(44)42-30-12-8-7-9-13-30/h7-23,36H,5-6,24H2,1-4H3,(H,42,44)/b34-22-/t36-/m0/s1. The number of amides is 1. The Balaban J connectivity index is 1.33. The molecule has 4 aromatic carbocycles. The summed E-state index contributed by atoms with van der Waals surface area (Å²) in [6, 6.07) is 28.3. The molecule has 11 heteroatoms. The number of allylic oxidation sites excluding steroid dienone is 1. The topological polar surface area (TPSA) is 117 Å². The summed E-state index contributed by atoms with van der Waals surface area (Å²) in [6.07, 6.45) is 1.79. The van der Waals surface area contributed by atoms with Crippen molar-refractivity contribution in [1.29, 1.82) is 0 Å². The Kier molecular flexibility index (Phi) is 10.8. The molecule has 0 saturated heterocycles. The third-order valence-corrected chi connectivity index (χ3v) is 9.12. The Morgan fingerprint density at radius 1 is 0.902 bits per heavy atom. The zero-order valence-electron chi connectivity index (χ0n) is 28.7. The molecule has 5 aromatic rings. The molecule has 1 N–H and O–H groups in total. The number of methoxy groups -OCH3 is 1. The number of esters is 1. The van der Waals surface area contributed by atoms with Crippen molar-refractivity contribution in [3.05, 3.63) is 150 Å². The van der Waals surface area contributed by atoms with Crippen LogP contribution in [0.3, 0.4) is 0 Å². The number of anilines is 1. The highest BCUT2D eigenvalue weighted by molar-refractivity contribution is 7.07. The van der Waals surface area contributed by atoms with Gasteiger partial charge in [0.1, 0.15) is 12.4 Å². The first-order chi connectivity index (χ1) is 24.8. The lowest BCUT2D eigenvalue weighted by molar-refractivity contribution is -0.113. The van der Waals surface area contributed by atoms with Crippen LogP contribution in [0.2, 0.25) is 0 Å². The molecule has 0 aliphatic carbocycles. The van der Waals surface area contributed by atoms with E-state index in [0.717, 1.165) is 11.1 Å². The van der Waals surface area contributed by atoms with E-state index in [9.17, 15) is 14.4 Å². The number of carbonyl (C=O) groups excluding carboxylic acids is 2. The van der Waals surface area contributed by atoms with Crippen LogP contribution in [0.1, 0.15) is 53.9 Å². The molecule has 0 bridgehead atoms. The number of ether oxygens (including phenoxy) is 4. The van der Waals surface area contributed by atoms with Gasteiger partial charge in [0, 0.05) is 5.69 Å². The Morgan fingerprint density at radius 2 is 1.69 bits per heavy atom. The van der Waals surface area contributed by atoms with E-state index in [1.54, 1.807) is 61.9 Å². The number of hydrogen-bond acceptors (Lipinski definition) is 9. The second-order valence-electron chi connectivity index (χ2n) is 11.5. The first-order valence-corrected chi connectivity index (χ1v) is 17.3. The molecule has 1 aromatic heterocycles. The summed E-state index contributed by atoms with van der Waals surface area (Å²) in [6.45, 7) is 6.41. The first kappa shape index (κ1) is 34.9. The molecule has 1 aliphatic rings. The van der Waals surface area contributed by atoms with Crippen molar-refractivity contribution in [3.8, 4) is 17.2 Å². The molecule has 1 amide bonds. The molecular weight excluding hydrogens is 667 g/mol. The SMILES string of the molecule is CCOC(=O)c1ccc(COc2ccc(/C=c3\sc4n(c3=O)[C@@H](c3cccc(OC)c3)C(C(=O)Nc3ccccc3)=C(C)N=4)cc2OCC)cc1. The van der Waals surface area contributed by atoms with Crippen LogP contribution in [0.15, 0.2) is 118 Å². The predicted octanol–water partition coefficient (Wildman–Crippen LogP) is 6.04. The molecule has 2 heterocycles. The second-order valence-corrected chi connectivity index (χ2v) is 12.5. The average molecular weight is 704 g/mol. The lowest BCUT2D eigenvalue weighted by atomic mass is 9.95. The van der Waals surface area contributed by atoms with Gasteiger partial charge in [-0.2, -0.15) is 0 Å². The summed E-state index contributed by atoms with van der Waals surface area (Å²) in [4.78, 5) is 45.3. The highest BCUT2D eigenvalue weighted by Crippen LogP contribution is 2.33. The fourth-order valence-corrected chi connectivity index (χ4v) is 6.77. The van der Waals surface area contributed by atoms with Gasteiger partial charge in [-0.3, -0.25) is 14.2 Å². The zero-order valence-corrected chi connectivity index (χ0v) is 29.5. The van der Waals surface area contributed by atoms with Crippen molar-refractivity contribution in [2.75, 3.05) is 25.6 Å². The predicted molar refractivity (Wildman–Crippen MR) is 196 cm³/mol. The summed E-state index contributed by atoms with van der Waals surface area (Å²) in [5.74, 6) is 0.939. The fourth-order valence-electron chi connectivity index (χ4n) is 5.72. The third kappa shape index (κ3) is 7.79. The van der Waals surface area contributed by atoms with Crippen LogP contribution < -0.4 is 34.4 Å². The quantitative estimate of drug-likeness (QED) is 0.158. The smallest absolute Gasteiger partial charge is 0.338 e.